The van der Waals surface area contributed by atoms with Gasteiger partial charge in [0.15, 0.2) is 0 Å². The number of benzene rings is 4. The molecule has 0 saturated carbocycles. The Bertz CT molecular complexity index is 1840. The van der Waals surface area contributed by atoms with Crippen molar-refractivity contribution in [2.24, 2.45) is 0 Å². The van der Waals surface area contributed by atoms with Gasteiger partial charge in [0.1, 0.15) is 0 Å². The number of H-pyrrole nitrogens is 1. The maximum absolute atomic E-state index is 13.4. The highest BCUT2D eigenvalue weighted by molar-refractivity contribution is 6.16. The molecule has 2 heterocycles. The molecule has 1 aromatic heterocycles. The maximum atomic E-state index is 13.4. The molecule has 1 aliphatic heterocycles. The average Bonchev–Trinajstić information content (AvgIpc) is 3.41. The molecule has 0 unspecified atom stereocenters. The number of methoxy groups -OCH3 is 1. The molecule has 0 spiro atoms. The number of aromatic nitrogens is 2. The molecule has 5 aromatic rings. The van der Waals surface area contributed by atoms with Gasteiger partial charge in [0, 0.05) is 42.0 Å². The number of esters is 1. The molecule has 6 rings (SSSR count). The van der Waals surface area contributed by atoms with Crippen LogP contribution in [0.25, 0.3) is 16.6 Å². The number of aromatic amines is 1. The molecule has 0 fully saturated rings. The predicted molar refractivity (Wildman–Crippen MR) is 162 cm³/mol. The summed E-state index contributed by atoms with van der Waals surface area (Å²) in [5.74, 6) is -0.419. The van der Waals surface area contributed by atoms with E-state index in [4.69, 9.17) is 4.74 Å². The van der Waals surface area contributed by atoms with E-state index in [-0.39, 0.29) is 11.8 Å². The van der Waals surface area contributed by atoms with E-state index in [2.05, 4.69) is 20.6 Å². The van der Waals surface area contributed by atoms with E-state index in [1.165, 1.54) is 18.1 Å². The molecule has 3 N–H and O–H groups in total. The number of nitrogens with zero attached hydrogens (tertiary/aromatic N) is 2. The number of ether oxygens (including phenoxy) is 1. The first-order valence-corrected chi connectivity index (χ1v) is 13.3. The smallest absolute Gasteiger partial charge is 0.331 e. The van der Waals surface area contributed by atoms with Gasteiger partial charge in [-0.3, -0.25) is 9.59 Å². The van der Waals surface area contributed by atoms with E-state index in [1.807, 2.05) is 54.6 Å². The zero-order valence-electron chi connectivity index (χ0n) is 23.0. The van der Waals surface area contributed by atoms with Gasteiger partial charge in [0.2, 0.25) is 5.95 Å². The number of carbonyl (C=O) groups is 3. The van der Waals surface area contributed by atoms with Crippen molar-refractivity contribution in [2.45, 2.75) is 6.54 Å². The summed E-state index contributed by atoms with van der Waals surface area (Å²) in [4.78, 5) is 48.0. The van der Waals surface area contributed by atoms with Gasteiger partial charge >= 0.3 is 5.97 Å². The van der Waals surface area contributed by atoms with Crippen LogP contribution in [0.2, 0.25) is 0 Å². The van der Waals surface area contributed by atoms with Gasteiger partial charge in [-0.25, -0.2) is 9.78 Å². The zero-order valence-corrected chi connectivity index (χ0v) is 23.0. The second kappa shape index (κ2) is 11.1. The molecule has 4 aromatic carbocycles. The SMILES string of the molecule is COC(=O)C=C1c2ccccc2C(=O)N(C)c2cc(C(=O)NCc3ccc(Nc4nc5ccccc5[nH]4)cc3)ccc21. The van der Waals surface area contributed by atoms with Gasteiger partial charge in [-0.1, -0.05) is 48.5 Å². The Morgan fingerprint density at radius 3 is 2.43 bits per heavy atom. The summed E-state index contributed by atoms with van der Waals surface area (Å²) in [7, 11) is 2.96. The van der Waals surface area contributed by atoms with Crippen LogP contribution in [-0.4, -0.2) is 41.9 Å². The molecule has 0 radical (unpaired) electrons. The van der Waals surface area contributed by atoms with E-state index in [0.717, 1.165) is 22.3 Å². The number of para-hydroxylation sites is 2. The number of nitrogens with one attached hydrogen (secondary N) is 3. The lowest BCUT2D eigenvalue weighted by molar-refractivity contribution is -0.134. The van der Waals surface area contributed by atoms with E-state index < -0.39 is 5.97 Å². The third-order valence-corrected chi connectivity index (χ3v) is 7.19. The minimum Gasteiger partial charge on any atom is -0.466 e. The van der Waals surface area contributed by atoms with Crippen molar-refractivity contribution in [1.29, 1.82) is 0 Å². The summed E-state index contributed by atoms with van der Waals surface area (Å²) in [5.41, 5.74) is 6.78. The highest BCUT2D eigenvalue weighted by Gasteiger charge is 2.28. The normalized spacial score (nSPS) is 13.3. The Hall–Kier alpha value is -5.70. The quantitative estimate of drug-likeness (QED) is 0.189. The van der Waals surface area contributed by atoms with Gasteiger partial charge in [-0.2, -0.15) is 0 Å². The summed E-state index contributed by atoms with van der Waals surface area (Å²) in [6, 6.07) is 27.7. The van der Waals surface area contributed by atoms with Crippen LogP contribution in [0.5, 0.6) is 0 Å². The number of hydrogen-bond donors (Lipinski definition) is 3. The summed E-state index contributed by atoms with van der Waals surface area (Å²) in [6.45, 7) is 0.314. The molecule has 0 atom stereocenters. The minimum atomic E-state index is -0.539. The third-order valence-electron chi connectivity index (χ3n) is 7.19. The maximum Gasteiger partial charge on any atom is 0.331 e. The Kier molecular flexibility index (Phi) is 6.98. The fourth-order valence-corrected chi connectivity index (χ4v) is 4.99. The largest absolute Gasteiger partial charge is 0.466 e. The summed E-state index contributed by atoms with van der Waals surface area (Å²) in [6.07, 6.45) is 1.37. The van der Waals surface area contributed by atoms with E-state index in [1.54, 1.807) is 43.4 Å². The van der Waals surface area contributed by atoms with Crippen molar-refractivity contribution in [3.8, 4) is 0 Å². The first-order valence-electron chi connectivity index (χ1n) is 13.3. The van der Waals surface area contributed by atoms with E-state index in [0.29, 0.717) is 46.0 Å². The fraction of sp³-hybridized carbons (Fsp3) is 0.0909. The second-order valence-corrected chi connectivity index (χ2v) is 9.83. The van der Waals surface area contributed by atoms with Crippen molar-refractivity contribution in [2.75, 3.05) is 24.4 Å². The van der Waals surface area contributed by atoms with Crippen molar-refractivity contribution in [1.82, 2.24) is 15.3 Å². The first kappa shape index (κ1) is 26.5. The van der Waals surface area contributed by atoms with Crippen LogP contribution in [0.15, 0.2) is 97.1 Å². The monoisotopic (exact) mass is 557 g/mol. The lowest BCUT2D eigenvalue weighted by atomic mass is 9.93. The van der Waals surface area contributed by atoms with Crippen LogP contribution in [0.1, 0.15) is 37.4 Å². The van der Waals surface area contributed by atoms with Gasteiger partial charge in [0.05, 0.1) is 23.8 Å². The fourth-order valence-electron chi connectivity index (χ4n) is 4.99. The van der Waals surface area contributed by atoms with Crippen molar-refractivity contribution in [3.05, 3.63) is 125 Å². The van der Waals surface area contributed by atoms with Crippen LogP contribution in [0.3, 0.4) is 0 Å². The Labute approximate surface area is 241 Å². The zero-order chi connectivity index (χ0) is 29.2. The topological polar surface area (TPSA) is 116 Å². The number of anilines is 3. The second-order valence-electron chi connectivity index (χ2n) is 9.83. The molecule has 0 aliphatic carbocycles. The number of imidazole rings is 1. The van der Waals surface area contributed by atoms with Crippen LogP contribution in [0.4, 0.5) is 17.3 Å². The van der Waals surface area contributed by atoms with E-state index in [9.17, 15) is 14.4 Å². The molecule has 9 heteroatoms. The van der Waals surface area contributed by atoms with Crippen molar-refractivity contribution >= 4 is 51.7 Å². The number of fused-ring (bicyclic) bond motifs is 3. The average molecular weight is 558 g/mol. The number of carbonyl (C=O) groups excluding carboxylic acids is 3. The molecule has 1 aliphatic rings. The van der Waals surface area contributed by atoms with Gasteiger partial charge in [-0.15, -0.1) is 0 Å². The van der Waals surface area contributed by atoms with Crippen LogP contribution in [-0.2, 0) is 16.1 Å². The lowest BCUT2D eigenvalue weighted by Gasteiger charge is -2.19. The molecule has 208 valence electrons. The van der Waals surface area contributed by atoms with Crippen LogP contribution in [0, 0.1) is 0 Å². The highest BCUT2D eigenvalue weighted by atomic mass is 16.5. The molecule has 0 bridgehead atoms. The minimum absolute atomic E-state index is 0.242. The molecule has 42 heavy (non-hydrogen) atoms. The summed E-state index contributed by atoms with van der Waals surface area (Å²) < 4.78 is 4.88. The number of amides is 2. The Morgan fingerprint density at radius 2 is 1.67 bits per heavy atom. The molecule has 2 amide bonds. The van der Waals surface area contributed by atoms with Crippen LogP contribution >= 0.6 is 0 Å². The first-order chi connectivity index (χ1) is 20.4. The summed E-state index contributed by atoms with van der Waals surface area (Å²) in [5, 5.41) is 6.21. The highest BCUT2D eigenvalue weighted by Crippen LogP contribution is 2.38. The Morgan fingerprint density at radius 1 is 0.929 bits per heavy atom. The molecule has 0 saturated heterocycles. The third kappa shape index (κ3) is 5.11. The van der Waals surface area contributed by atoms with Gasteiger partial charge in [-0.05, 0) is 59.2 Å². The number of hydrogen-bond acceptors (Lipinski definition) is 6. The van der Waals surface area contributed by atoms with Crippen LogP contribution < -0.4 is 15.5 Å². The number of rotatable bonds is 6. The standard InChI is InChI=1S/C33H27N5O4/c1-38-29-17-21(13-16-24(29)26(18-30(39)42-2)23-7-3-4-8-25(23)32(38)41)31(40)34-19-20-11-14-22(15-12-20)35-33-36-27-9-5-6-10-28(27)37-33/h3-18H,19H2,1-2H3,(H,34,40)(H2,35,36,37). The molecular formula is C33H27N5O4. The molecule has 9 nitrogen and oxygen atoms in total. The van der Waals surface area contributed by atoms with Gasteiger partial charge < -0.3 is 25.3 Å². The van der Waals surface area contributed by atoms with Crippen molar-refractivity contribution in [3.63, 3.8) is 0 Å². The lowest BCUT2D eigenvalue weighted by Crippen LogP contribution is -2.27. The summed E-state index contributed by atoms with van der Waals surface area (Å²) >= 11 is 0. The van der Waals surface area contributed by atoms with Crippen molar-refractivity contribution < 1.29 is 19.1 Å². The molecular weight excluding hydrogens is 530 g/mol. The van der Waals surface area contributed by atoms with Gasteiger partial charge in [0.25, 0.3) is 11.8 Å². The predicted octanol–water partition coefficient (Wildman–Crippen LogP) is 5.43. The van der Waals surface area contributed by atoms with E-state index >= 15 is 0 Å². The Balaban J connectivity index is 1.19.